The normalized spacial score (nSPS) is 17.9. The predicted octanol–water partition coefficient (Wildman–Crippen LogP) is 4.15. The topological polar surface area (TPSA) is 116 Å². The maximum atomic E-state index is 15.1. The van der Waals surface area contributed by atoms with Gasteiger partial charge in [-0.25, -0.2) is 19.2 Å². The number of hydrogen-bond donors (Lipinski definition) is 2. The van der Waals surface area contributed by atoms with E-state index in [2.05, 4.69) is 31.6 Å². The number of nitrogens with zero attached hydrogens (tertiary/aromatic N) is 5. The minimum Gasteiger partial charge on any atom is -0.473 e. The summed E-state index contributed by atoms with van der Waals surface area (Å²) in [6, 6.07) is 7.09. The van der Waals surface area contributed by atoms with Gasteiger partial charge < -0.3 is 24.6 Å². The SMILES string of the molecule is CCN(c1ccc(Nc2ncnc(OC3CCN(C(=O)OC(C)C)CC3)c2C#N)c(F)c1)C1CCCN1. The highest BCUT2D eigenvalue weighted by molar-refractivity contribution is 5.68. The zero-order chi connectivity index (χ0) is 26.4. The number of carbonyl (C=O) groups excluding carboxylic acids is 1. The van der Waals surface area contributed by atoms with E-state index < -0.39 is 5.82 Å². The fraction of sp³-hybridized carbons (Fsp3) is 0.538. The molecule has 1 aromatic carbocycles. The predicted molar refractivity (Wildman–Crippen MR) is 137 cm³/mol. The number of ether oxygens (including phenoxy) is 2. The van der Waals surface area contributed by atoms with Crippen molar-refractivity contribution in [1.82, 2.24) is 20.2 Å². The Hall–Kier alpha value is -3.65. The van der Waals surface area contributed by atoms with Crippen molar-refractivity contribution in [1.29, 1.82) is 5.26 Å². The molecule has 198 valence electrons. The van der Waals surface area contributed by atoms with Crippen molar-refractivity contribution in [2.45, 2.75) is 64.8 Å². The molecular weight excluding hydrogens is 477 g/mol. The lowest BCUT2D eigenvalue weighted by Gasteiger charge is -2.31. The van der Waals surface area contributed by atoms with Crippen molar-refractivity contribution in [3.05, 3.63) is 35.9 Å². The number of nitriles is 1. The lowest BCUT2D eigenvalue weighted by atomic mass is 10.1. The van der Waals surface area contributed by atoms with Crippen molar-refractivity contribution < 1.29 is 18.7 Å². The summed E-state index contributed by atoms with van der Waals surface area (Å²) >= 11 is 0. The molecule has 1 atom stereocenters. The van der Waals surface area contributed by atoms with Crippen LogP contribution in [0.15, 0.2) is 24.5 Å². The van der Waals surface area contributed by atoms with E-state index in [0.29, 0.717) is 25.9 Å². The first-order valence-corrected chi connectivity index (χ1v) is 12.8. The fourth-order valence-electron chi connectivity index (χ4n) is 4.67. The van der Waals surface area contributed by atoms with Gasteiger partial charge in [0, 0.05) is 38.2 Å². The molecule has 2 N–H and O–H groups in total. The quantitative estimate of drug-likeness (QED) is 0.539. The number of hydrogen-bond acceptors (Lipinski definition) is 9. The van der Waals surface area contributed by atoms with Crippen LogP contribution in [0.1, 0.15) is 52.0 Å². The first-order chi connectivity index (χ1) is 17.9. The summed E-state index contributed by atoms with van der Waals surface area (Å²) in [5.41, 5.74) is 1.09. The van der Waals surface area contributed by atoms with Gasteiger partial charge in [-0.1, -0.05) is 0 Å². The molecule has 11 heteroatoms. The highest BCUT2D eigenvalue weighted by atomic mass is 19.1. The Balaban J connectivity index is 1.43. The molecular formula is C26H34FN7O3. The average Bonchev–Trinajstić information content (AvgIpc) is 3.41. The molecule has 1 amide bonds. The van der Waals surface area contributed by atoms with Gasteiger partial charge in [0.2, 0.25) is 5.88 Å². The first-order valence-electron chi connectivity index (χ1n) is 12.8. The van der Waals surface area contributed by atoms with E-state index in [1.54, 1.807) is 11.0 Å². The van der Waals surface area contributed by atoms with Crippen LogP contribution in [0.4, 0.5) is 26.4 Å². The van der Waals surface area contributed by atoms with Gasteiger partial charge >= 0.3 is 6.09 Å². The van der Waals surface area contributed by atoms with Crippen molar-refractivity contribution in [3.8, 4) is 11.9 Å². The van der Waals surface area contributed by atoms with Gasteiger partial charge in [0.25, 0.3) is 0 Å². The molecule has 2 aromatic rings. The van der Waals surface area contributed by atoms with Crippen LogP contribution in [0.3, 0.4) is 0 Å². The molecule has 1 aromatic heterocycles. The molecule has 0 bridgehead atoms. The number of likely N-dealkylation sites (tertiary alicyclic amines) is 1. The Kier molecular flexibility index (Phi) is 8.61. The first kappa shape index (κ1) is 26.4. The number of benzene rings is 1. The Morgan fingerprint density at radius 3 is 2.73 bits per heavy atom. The van der Waals surface area contributed by atoms with Gasteiger partial charge in [-0.15, -0.1) is 0 Å². The summed E-state index contributed by atoms with van der Waals surface area (Å²) in [5.74, 6) is -0.147. The molecule has 0 saturated carbocycles. The maximum Gasteiger partial charge on any atom is 0.410 e. The van der Waals surface area contributed by atoms with E-state index in [-0.39, 0.29) is 47.4 Å². The van der Waals surface area contributed by atoms with Crippen molar-refractivity contribution in [2.75, 3.05) is 36.4 Å². The van der Waals surface area contributed by atoms with E-state index >= 15 is 4.39 Å². The summed E-state index contributed by atoms with van der Waals surface area (Å²) in [7, 11) is 0. The number of aromatic nitrogens is 2. The summed E-state index contributed by atoms with van der Waals surface area (Å²) in [5, 5.41) is 16.2. The van der Waals surface area contributed by atoms with Gasteiger partial charge in [-0.3, -0.25) is 5.32 Å². The molecule has 0 spiro atoms. The lowest BCUT2D eigenvalue weighted by Crippen LogP contribution is -2.42. The lowest BCUT2D eigenvalue weighted by molar-refractivity contribution is 0.0506. The molecule has 0 aliphatic carbocycles. The molecule has 4 rings (SSSR count). The summed E-state index contributed by atoms with van der Waals surface area (Å²) in [6.45, 7) is 8.35. The second-order valence-corrected chi connectivity index (χ2v) is 9.44. The van der Waals surface area contributed by atoms with Crippen LogP contribution in [-0.4, -0.2) is 65.5 Å². The molecule has 1 unspecified atom stereocenters. The molecule has 0 radical (unpaired) electrons. The van der Waals surface area contributed by atoms with E-state index in [1.165, 1.54) is 12.4 Å². The maximum absolute atomic E-state index is 15.1. The van der Waals surface area contributed by atoms with E-state index in [9.17, 15) is 10.1 Å². The van der Waals surface area contributed by atoms with Gasteiger partial charge in [0.1, 0.15) is 24.3 Å². The molecule has 2 saturated heterocycles. The number of rotatable bonds is 8. The van der Waals surface area contributed by atoms with Crippen LogP contribution in [0.5, 0.6) is 5.88 Å². The number of halogens is 1. The van der Waals surface area contributed by atoms with Crippen LogP contribution in [0.2, 0.25) is 0 Å². The number of amides is 1. The zero-order valence-electron chi connectivity index (χ0n) is 21.5. The highest BCUT2D eigenvalue weighted by Gasteiger charge is 2.27. The van der Waals surface area contributed by atoms with Crippen molar-refractivity contribution in [3.63, 3.8) is 0 Å². The molecule has 37 heavy (non-hydrogen) atoms. The van der Waals surface area contributed by atoms with Crippen LogP contribution in [0.25, 0.3) is 0 Å². The smallest absolute Gasteiger partial charge is 0.410 e. The summed E-state index contributed by atoms with van der Waals surface area (Å²) in [6.07, 6.45) is 4.01. The van der Waals surface area contributed by atoms with Gasteiger partial charge in [-0.2, -0.15) is 5.26 Å². The second-order valence-electron chi connectivity index (χ2n) is 9.44. The van der Waals surface area contributed by atoms with E-state index in [4.69, 9.17) is 9.47 Å². The van der Waals surface area contributed by atoms with Crippen molar-refractivity contribution in [2.24, 2.45) is 0 Å². The molecule has 10 nitrogen and oxygen atoms in total. The average molecular weight is 512 g/mol. The second kappa shape index (κ2) is 12.1. The Bertz CT molecular complexity index is 1130. The zero-order valence-corrected chi connectivity index (χ0v) is 21.5. The van der Waals surface area contributed by atoms with Crippen molar-refractivity contribution >= 4 is 23.3 Å². The standard InChI is InChI=1S/C26H34FN7O3/c1-4-34(23-6-5-11-29-23)18-7-8-22(21(27)14-18)32-24-20(15-28)25(31-16-30-24)37-19-9-12-33(13-10-19)26(35)36-17(2)3/h7-8,14,16-17,19,23,29H,4-6,9-13H2,1-3H3,(H,30,31,32). The molecule has 2 fully saturated rings. The highest BCUT2D eigenvalue weighted by Crippen LogP contribution is 2.30. The number of piperidine rings is 1. The van der Waals surface area contributed by atoms with E-state index in [1.807, 2.05) is 26.8 Å². The van der Waals surface area contributed by atoms with Crippen LogP contribution in [0, 0.1) is 17.1 Å². The van der Waals surface area contributed by atoms with Gasteiger partial charge in [0.15, 0.2) is 11.4 Å². The van der Waals surface area contributed by atoms with Crippen LogP contribution >= 0.6 is 0 Å². The van der Waals surface area contributed by atoms with Gasteiger partial charge in [-0.05, 0) is 58.4 Å². The Labute approximate surface area is 216 Å². The minimum absolute atomic E-state index is 0.0953. The summed E-state index contributed by atoms with van der Waals surface area (Å²) in [4.78, 5) is 24.2. The van der Waals surface area contributed by atoms with Gasteiger partial charge in [0.05, 0.1) is 18.0 Å². The van der Waals surface area contributed by atoms with Crippen LogP contribution < -0.4 is 20.3 Å². The Morgan fingerprint density at radius 2 is 2.11 bits per heavy atom. The van der Waals surface area contributed by atoms with E-state index in [0.717, 1.165) is 31.6 Å². The third-order valence-corrected chi connectivity index (χ3v) is 6.53. The minimum atomic E-state index is -0.445. The monoisotopic (exact) mass is 511 g/mol. The largest absolute Gasteiger partial charge is 0.473 e. The molecule has 3 heterocycles. The third kappa shape index (κ3) is 6.38. The number of nitrogens with one attached hydrogen (secondary N) is 2. The summed E-state index contributed by atoms with van der Waals surface area (Å²) < 4.78 is 26.4. The fourth-order valence-corrected chi connectivity index (χ4v) is 4.67. The molecule has 2 aliphatic heterocycles. The Morgan fingerprint density at radius 1 is 1.32 bits per heavy atom. The third-order valence-electron chi connectivity index (χ3n) is 6.53. The molecule has 2 aliphatic rings. The van der Waals surface area contributed by atoms with Crippen LogP contribution in [-0.2, 0) is 4.74 Å². The number of carbonyl (C=O) groups is 1. The number of anilines is 3.